The zero-order valence-corrected chi connectivity index (χ0v) is 15.5. The number of carbonyl (C=O) groups is 2. The van der Waals surface area contributed by atoms with Crippen molar-refractivity contribution in [2.45, 2.75) is 53.0 Å². The maximum Gasteiger partial charge on any atom is 0.321 e. The van der Waals surface area contributed by atoms with E-state index in [-0.39, 0.29) is 18.5 Å². The van der Waals surface area contributed by atoms with Crippen molar-refractivity contribution < 1.29 is 9.59 Å². The molecule has 3 N–H and O–H groups in total. The maximum absolute atomic E-state index is 11.8. The molecule has 1 aromatic carbocycles. The largest absolute Gasteiger partial charge is 0.338 e. The topological polar surface area (TPSA) is 70.2 Å². The number of amides is 3. The molecule has 2 atom stereocenters. The van der Waals surface area contributed by atoms with Crippen LogP contribution < -0.4 is 16.0 Å². The zero-order valence-electron chi connectivity index (χ0n) is 15.5. The number of urea groups is 1. The Kier molecular flexibility index (Phi) is 8.47. The Bertz CT molecular complexity index is 526. The molecule has 0 spiro atoms. The lowest BCUT2D eigenvalue weighted by molar-refractivity contribution is -0.119. The molecule has 0 radical (unpaired) electrons. The molecule has 0 aliphatic rings. The van der Waals surface area contributed by atoms with Gasteiger partial charge >= 0.3 is 6.03 Å². The molecule has 5 heteroatoms. The first-order valence-electron chi connectivity index (χ1n) is 8.79. The molecule has 1 aromatic rings. The number of benzene rings is 1. The van der Waals surface area contributed by atoms with E-state index in [0.717, 1.165) is 12.0 Å². The van der Waals surface area contributed by atoms with Crippen LogP contribution in [0.2, 0.25) is 0 Å². The normalized spacial score (nSPS) is 13.4. The van der Waals surface area contributed by atoms with E-state index in [1.807, 2.05) is 0 Å². The minimum Gasteiger partial charge on any atom is -0.338 e. The molecule has 0 aromatic heterocycles. The average molecular weight is 333 g/mol. The minimum absolute atomic E-state index is 0.0657. The van der Waals surface area contributed by atoms with Crippen LogP contribution in [0.15, 0.2) is 24.3 Å². The monoisotopic (exact) mass is 333 g/mol. The van der Waals surface area contributed by atoms with Crippen LogP contribution in [0.1, 0.15) is 64.1 Å². The van der Waals surface area contributed by atoms with Crippen molar-refractivity contribution in [3.63, 3.8) is 0 Å². The Balaban J connectivity index is 2.67. The fraction of sp³-hybridized carbons (Fsp3) is 0.579. The Labute approximate surface area is 145 Å². The van der Waals surface area contributed by atoms with Gasteiger partial charge in [-0.15, -0.1) is 0 Å². The molecule has 0 fully saturated rings. The Morgan fingerprint density at radius 2 is 1.58 bits per heavy atom. The summed E-state index contributed by atoms with van der Waals surface area (Å²) < 4.78 is 0. The second-order valence-electron chi connectivity index (χ2n) is 6.49. The fourth-order valence-electron chi connectivity index (χ4n) is 2.58. The number of rotatable bonds is 8. The highest BCUT2D eigenvalue weighted by Crippen LogP contribution is 2.25. The van der Waals surface area contributed by atoms with E-state index >= 15 is 0 Å². The number of nitrogens with one attached hydrogen (secondary N) is 3. The van der Waals surface area contributed by atoms with Gasteiger partial charge in [-0.05, 0) is 36.3 Å². The lowest BCUT2D eigenvalue weighted by Gasteiger charge is -2.23. The van der Waals surface area contributed by atoms with Gasteiger partial charge < -0.3 is 10.6 Å². The molecule has 0 saturated heterocycles. The van der Waals surface area contributed by atoms with E-state index < -0.39 is 6.03 Å². The van der Waals surface area contributed by atoms with E-state index in [9.17, 15) is 9.59 Å². The van der Waals surface area contributed by atoms with Crippen molar-refractivity contribution in [1.82, 2.24) is 16.0 Å². The predicted octanol–water partition coefficient (Wildman–Crippen LogP) is 3.33. The standard InChI is InChI=1S/C19H31N3O2/c1-6-14(5)15-8-10-16(11-9-15)18(13(3)4)21-12-17(23)22-19(24)20-7-2/h8-11,13-14,18,21H,6-7,12H2,1-5H3,(H2,20,22,23,24). The maximum atomic E-state index is 11.8. The predicted molar refractivity (Wildman–Crippen MR) is 97.9 cm³/mol. The van der Waals surface area contributed by atoms with Crippen molar-refractivity contribution in [3.05, 3.63) is 35.4 Å². The van der Waals surface area contributed by atoms with Crippen molar-refractivity contribution in [3.8, 4) is 0 Å². The van der Waals surface area contributed by atoms with Crippen LogP contribution in [-0.2, 0) is 4.79 Å². The summed E-state index contributed by atoms with van der Waals surface area (Å²) in [5.41, 5.74) is 2.49. The fourth-order valence-corrected chi connectivity index (χ4v) is 2.58. The van der Waals surface area contributed by atoms with Gasteiger partial charge in [-0.1, -0.05) is 52.0 Å². The van der Waals surface area contributed by atoms with Crippen LogP contribution in [-0.4, -0.2) is 25.0 Å². The molecule has 0 saturated carbocycles. The summed E-state index contributed by atoms with van der Waals surface area (Å²) in [7, 11) is 0. The first-order chi connectivity index (χ1) is 11.4. The van der Waals surface area contributed by atoms with Gasteiger partial charge in [0.05, 0.1) is 6.54 Å². The second kappa shape index (κ2) is 10.1. The summed E-state index contributed by atoms with van der Waals surface area (Å²) >= 11 is 0. The summed E-state index contributed by atoms with van der Waals surface area (Å²) in [6.07, 6.45) is 1.12. The van der Waals surface area contributed by atoms with Gasteiger partial charge in [-0.3, -0.25) is 10.1 Å². The van der Waals surface area contributed by atoms with Gasteiger partial charge in [0.15, 0.2) is 0 Å². The first-order valence-corrected chi connectivity index (χ1v) is 8.79. The molecule has 134 valence electrons. The van der Waals surface area contributed by atoms with Gasteiger partial charge in [0.2, 0.25) is 5.91 Å². The molecule has 5 nitrogen and oxygen atoms in total. The molecule has 0 bridgehead atoms. The molecule has 0 aliphatic carbocycles. The van der Waals surface area contributed by atoms with Crippen LogP contribution in [0, 0.1) is 5.92 Å². The Hall–Kier alpha value is -1.88. The number of hydrogen-bond acceptors (Lipinski definition) is 3. The highest BCUT2D eigenvalue weighted by Gasteiger charge is 2.17. The lowest BCUT2D eigenvalue weighted by Crippen LogP contribution is -2.44. The van der Waals surface area contributed by atoms with Gasteiger partial charge in [0.25, 0.3) is 0 Å². The summed E-state index contributed by atoms with van der Waals surface area (Å²) in [6.45, 7) is 11.0. The van der Waals surface area contributed by atoms with Gasteiger partial charge in [0.1, 0.15) is 0 Å². The number of imide groups is 1. The van der Waals surface area contributed by atoms with Crippen molar-refractivity contribution in [2.75, 3.05) is 13.1 Å². The van der Waals surface area contributed by atoms with Crippen LogP contribution in [0.3, 0.4) is 0 Å². The smallest absolute Gasteiger partial charge is 0.321 e. The molecule has 0 heterocycles. The molecular formula is C19H31N3O2. The SMILES string of the molecule is CCNC(=O)NC(=O)CNC(c1ccc(C(C)CC)cc1)C(C)C. The molecule has 0 aliphatic heterocycles. The number of carbonyl (C=O) groups excluding carboxylic acids is 2. The van der Waals surface area contributed by atoms with Crippen LogP contribution in [0.5, 0.6) is 0 Å². The third-order valence-electron chi connectivity index (χ3n) is 4.22. The molecule has 1 rings (SSSR count). The first kappa shape index (κ1) is 20.2. The van der Waals surface area contributed by atoms with E-state index in [4.69, 9.17) is 0 Å². The van der Waals surface area contributed by atoms with Crippen molar-refractivity contribution in [1.29, 1.82) is 0 Å². The third-order valence-corrected chi connectivity index (χ3v) is 4.22. The highest BCUT2D eigenvalue weighted by atomic mass is 16.2. The summed E-state index contributed by atoms with van der Waals surface area (Å²) in [5, 5.41) is 8.10. The lowest BCUT2D eigenvalue weighted by atomic mass is 9.92. The quantitative estimate of drug-likeness (QED) is 0.683. The van der Waals surface area contributed by atoms with Gasteiger partial charge in [0, 0.05) is 12.6 Å². The highest BCUT2D eigenvalue weighted by molar-refractivity contribution is 5.95. The molecule has 24 heavy (non-hydrogen) atoms. The van der Waals surface area contributed by atoms with E-state index in [0.29, 0.717) is 18.4 Å². The van der Waals surface area contributed by atoms with Gasteiger partial charge in [-0.2, -0.15) is 0 Å². The van der Waals surface area contributed by atoms with Crippen LogP contribution in [0.4, 0.5) is 4.79 Å². The van der Waals surface area contributed by atoms with E-state index in [1.165, 1.54) is 5.56 Å². The van der Waals surface area contributed by atoms with Crippen molar-refractivity contribution in [2.24, 2.45) is 5.92 Å². The van der Waals surface area contributed by atoms with Crippen molar-refractivity contribution >= 4 is 11.9 Å². The Morgan fingerprint density at radius 1 is 1.00 bits per heavy atom. The molecule has 3 amide bonds. The second-order valence-corrected chi connectivity index (χ2v) is 6.49. The minimum atomic E-state index is -0.455. The molecule has 2 unspecified atom stereocenters. The van der Waals surface area contributed by atoms with E-state index in [1.54, 1.807) is 6.92 Å². The summed E-state index contributed by atoms with van der Waals surface area (Å²) in [4.78, 5) is 23.2. The Morgan fingerprint density at radius 3 is 2.08 bits per heavy atom. The zero-order chi connectivity index (χ0) is 18.1. The molecular weight excluding hydrogens is 302 g/mol. The van der Waals surface area contributed by atoms with Crippen LogP contribution in [0.25, 0.3) is 0 Å². The van der Waals surface area contributed by atoms with Gasteiger partial charge in [-0.25, -0.2) is 4.79 Å². The third kappa shape index (κ3) is 6.32. The van der Waals surface area contributed by atoms with Crippen LogP contribution >= 0.6 is 0 Å². The number of hydrogen-bond donors (Lipinski definition) is 3. The summed E-state index contributed by atoms with van der Waals surface area (Å²) in [5.74, 6) is 0.548. The summed E-state index contributed by atoms with van der Waals surface area (Å²) in [6, 6.07) is 8.19. The van der Waals surface area contributed by atoms with E-state index in [2.05, 4.69) is 67.9 Å². The average Bonchev–Trinajstić information content (AvgIpc) is 2.54.